The zero-order valence-electron chi connectivity index (χ0n) is 27.0. The predicted octanol–water partition coefficient (Wildman–Crippen LogP) is 4.17. The second kappa shape index (κ2) is 16.5. The van der Waals surface area contributed by atoms with E-state index in [1.807, 2.05) is 88.4 Å². The number of nitrogens with zero attached hydrogens (tertiary/aromatic N) is 1. The Morgan fingerprint density at radius 2 is 1.56 bits per heavy atom. The van der Waals surface area contributed by atoms with Gasteiger partial charge in [-0.2, -0.15) is 13.5 Å². The molecule has 2 N–H and O–H groups in total. The molecule has 2 aromatic carbocycles. The SMILES string of the molecule is COCCC[C@@H](NC(=O)C1CCCN1C(=O)[C@@H](Cc1ccccc1)NC(=O)OCc1ccccc1)B1OC(C)(C)C(C)(C)O1.S. The van der Waals surface area contributed by atoms with Gasteiger partial charge < -0.3 is 34.3 Å². The van der Waals surface area contributed by atoms with Crippen molar-refractivity contribution in [3.05, 3.63) is 71.8 Å². The number of likely N-dealkylation sites (tertiary alicyclic amines) is 1. The van der Waals surface area contributed by atoms with E-state index in [0.717, 1.165) is 11.1 Å². The van der Waals surface area contributed by atoms with Gasteiger partial charge >= 0.3 is 13.2 Å². The van der Waals surface area contributed by atoms with E-state index >= 15 is 0 Å². The van der Waals surface area contributed by atoms with Gasteiger partial charge in [-0.15, -0.1) is 0 Å². The molecule has 3 amide bonds. The highest BCUT2D eigenvalue weighted by molar-refractivity contribution is 7.59. The van der Waals surface area contributed by atoms with Gasteiger partial charge in [0.15, 0.2) is 0 Å². The molecular weight excluding hydrogens is 593 g/mol. The summed E-state index contributed by atoms with van der Waals surface area (Å²) in [7, 11) is 1.00. The summed E-state index contributed by atoms with van der Waals surface area (Å²) in [5.41, 5.74) is 0.617. The third-order valence-corrected chi connectivity index (χ3v) is 8.72. The van der Waals surface area contributed by atoms with Crippen molar-refractivity contribution in [1.29, 1.82) is 0 Å². The van der Waals surface area contributed by atoms with E-state index in [1.165, 1.54) is 0 Å². The first-order valence-electron chi connectivity index (χ1n) is 15.5. The lowest BCUT2D eigenvalue weighted by atomic mass is 9.75. The number of carbonyl (C=O) groups excluding carboxylic acids is 3. The maximum atomic E-state index is 14.0. The maximum absolute atomic E-state index is 14.0. The van der Waals surface area contributed by atoms with E-state index in [4.69, 9.17) is 18.8 Å². The molecule has 10 nitrogen and oxygen atoms in total. The van der Waals surface area contributed by atoms with Crippen LogP contribution in [-0.2, 0) is 41.4 Å². The van der Waals surface area contributed by atoms with Crippen molar-refractivity contribution in [1.82, 2.24) is 15.5 Å². The van der Waals surface area contributed by atoms with Crippen LogP contribution < -0.4 is 10.6 Å². The molecule has 0 aliphatic carbocycles. The molecule has 246 valence electrons. The van der Waals surface area contributed by atoms with Gasteiger partial charge in [0.05, 0.1) is 17.1 Å². The van der Waals surface area contributed by atoms with Crippen LogP contribution >= 0.6 is 13.5 Å². The minimum absolute atomic E-state index is 0. The highest BCUT2D eigenvalue weighted by Gasteiger charge is 2.54. The molecule has 0 radical (unpaired) electrons. The fourth-order valence-electron chi connectivity index (χ4n) is 5.52. The van der Waals surface area contributed by atoms with E-state index in [0.29, 0.717) is 38.8 Å². The molecule has 4 rings (SSSR count). The van der Waals surface area contributed by atoms with Crippen molar-refractivity contribution in [2.75, 3.05) is 20.3 Å². The lowest BCUT2D eigenvalue weighted by Gasteiger charge is -2.32. The van der Waals surface area contributed by atoms with Gasteiger partial charge in [0.25, 0.3) is 0 Å². The molecule has 0 saturated carbocycles. The summed E-state index contributed by atoms with van der Waals surface area (Å²) in [4.78, 5) is 42.2. The van der Waals surface area contributed by atoms with E-state index in [2.05, 4.69) is 10.6 Å². The van der Waals surface area contributed by atoms with Crippen LogP contribution in [0.3, 0.4) is 0 Å². The van der Waals surface area contributed by atoms with Crippen LogP contribution in [0.4, 0.5) is 4.79 Å². The van der Waals surface area contributed by atoms with Crippen LogP contribution in [0.2, 0.25) is 0 Å². The van der Waals surface area contributed by atoms with Crippen molar-refractivity contribution in [2.24, 2.45) is 0 Å². The van der Waals surface area contributed by atoms with Gasteiger partial charge in [-0.05, 0) is 64.5 Å². The van der Waals surface area contributed by atoms with Gasteiger partial charge in [-0.3, -0.25) is 9.59 Å². The number of hydrogen-bond acceptors (Lipinski definition) is 7. The topological polar surface area (TPSA) is 115 Å². The standard InChI is InChI=1S/C33H46BN3O7.H2S/c1-32(2)33(3,4)44-34(43-32)28(19-13-21-41-5)36-29(38)27-18-12-20-37(27)30(39)26(22-24-14-8-6-9-15-24)35-31(40)42-23-25-16-10-7-11-17-25;/h6-11,14-17,26-28H,12-13,18-23H2,1-5H3,(H,35,40)(H,36,38);1H2/t26-,27?,28-;/m1./s1. The van der Waals surface area contributed by atoms with Crippen LogP contribution in [0, 0.1) is 0 Å². The monoisotopic (exact) mass is 641 g/mol. The lowest BCUT2D eigenvalue weighted by molar-refractivity contribution is -0.140. The number of hydrogen-bond donors (Lipinski definition) is 2. The zero-order chi connectivity index (χ0) is 31.7. The second-order valence-electron chi connectivity index (χ2n) is 12.5. The largest absolute Gasteiger partial charge is 0.481 e. The molecule has 0 bridgehead atoms. The number of carbonyl (C=O) groups is 3. The fourth-order valence-corrected chi connectivity index (χ4v) is 5.52. The number of rotatable bonds is 13. The maximum Gasteiger partial charge on any atom is 0.481 e. The van der Waals surface area contributed by atoms with Crippen molar-refractivity contribution < 1.29 is 33.2 Å². The molecule has 2 fully saturated rings. The number of alkyl carbamates (subject to hydrolysis) is 1. The van der Waals surface area contributed by atoms with Crippen molar-refractivity contribution in [3.63, 3.8) is 0 Å². The van der Waals surface area contributed by atoms with E-state index < -0.39 is 42.4 Å². The molecule has 2 saturated heterocycles. The first-order chi connectivity index (χ1) is 21.0. The number of amides is 3. The molecule has 0 aromatic heterocycles. The Kier molecular flexibility index (Phi) is 13.3. The molecular formula is C33H48BN3O7S. The first kappa shape index (κ1) is 36.4. The van der Waals surface area contributed by atoms with E-state index in [1.54, 1.807) is 12.0 Å². The Bertz CT molecular complexity index is 1240. The molecule has 2 aromatic rings. The zero-order valence-corrected chi connectivity index (χ0v) is 28.0. The molecule has 2 aliphatic rings. The van der Waals surface area contributed by atoms with Crippen LogP contribution in [0.15, 0.2) is 60.7 Å². The van der Waals surface area contributed by atoms with Crippen LogP contribution in [0.1, 0.15) is 64.5 Å². The van der Waals surface area contributed by atoms with E-state index in [-0.39, 0.29) is 38.3 Å². The smallest absolute Gasteiger partial charge is 0.445 e. The lowest BCUT2D eigenvalue weighted by Crippen LogP contribution is -2.57. The molecule has 1 unspecified atom stereocenters. The minimum atomic E-state index is -0.908. The van der Waals surface area contributed by atoms with E-state index in [9.17, 15) is 14.4 Å². The van der Waals surface area contributed by atoms with Gasteiger partial charge in [-0.25, -0.2) is 4.79 Å². The van der Waals surface area contributed by atoms with Crippen LogP contribution in [-0.4, -0.2) is 79.4 Å². The molecule has 45 heavy (non-hydrogen) atoms. The van der Waals surface area contributed by atoms with Crippen molar-refractivity contribution >= 4 is 38.5 Å². The molecule has 2 aliphatic heterocycles. The average Bonchev–Trinajstić information content (AvgIpc) is 3.57. The number of nitrogens with one attached hydrogen (secondary N) is 2. The summed E-state index contributed by atoms with van der Waals surface area (Å²) in [5.74, 6) is -1.02. The molecule has 2 heterocycles. The third kappa shape index (κ3) is 9.72. The molecule has 12 heteroatoms. The predicted molar refractivity (Wildman–Crippen MR) is 178 cm³/mol. The third-order valence-electron chi connectivity index (χ3n) is 8.72. The van der Waals surface area contributed by atoms with Gasteiger partial charge in [-0.1, -0.05) is 60.7 Å². The summed E-state index contributed by atoms with van der Waals surface area (Å²) < 4.78 is 23.2. The summed E-state index contributed by atoms with van der Waals surface area (Å²) in [6.45, 7) is 8.93. The average molecular weight is 642 g/mol. The minimum Gasteiger partial charge on any atom is -0.445 e. The highest BCUT2D eigenvalue weighted by Crippen LogP contribution is 2.38. The van der Waals surface area contributed by atoms with Gasteiger partial charge in [0, 0.05) is 26.7 Å². The number of methoxy groups -OCH3 is 1. The van der Waals surface area contributed by atoms with Crippen LogP contribution in [0.5, 0.6) is 0 Å². The van der Waals surface area contributed by atoms with Gasteiger partial charge in [0.2, 0.25) is 11.8 Å². The summed E-state index contributed by atoms with van der Waals surface area (Å²) in [6.07, 6.45) is 2.05. The van der Waals surface area contributed by atoms with Crippen LogP contribution in [0.25, 0.3) is 0 Å². The first-order valence-corrected chi connectivity index (χ1v) is 15.5. The van der Waals surface area contributed by atoms with Crippen molar-refractivity contribution in [3.8, 4) is 0 Å². The number of ether oxygens (including phenoxy) is 2. The normalized spacial score (nSPS) is 19.7. The number of benzene rings is 2. The Balaban J connectivity index is 0.00000552. The van der Waals surface area contributed by atoms with Crippen molar-refractivity contribution in [2.45, 2.75) is 95.6 Å². The Hall–Kier alpha value is -3.06. The summed E-state index contributed by atoms with van der Waals surface area (Å²) in [6, 6.07) is 17.2. The molecule has 3 atom stereocenters. The Morgan fingerprint density at radius 3 is 2.16 bits per heavy atom. The fraction of sp³-hybridized carbons (Fsp3) is 0.545. The van der Waals surface area contributed by atoms with Gasteiger partial charge in [0.1, 0.15) is 18.7 Å². The summed E-state index contributed by atoms with van der Waals surface area (Å²) in [5, 5.41) is 5.91. The highest BCUT2D eigenvalue weighted by atomic mass is 32.1. The quantitative estimate of drug-likeness (QED) is 0.249. The second-order valence-corrected chi connectivity index (χ2v) is 12.5. The summed E-state index contributed by atoms with van der Waals surface area (Å²) >= 11 is 0. The Morgan fingerprint density at radius 1 is 0.956 bits per heavy atom. The molecule has 0 spiro atoms. The Labute approximate surface area is 274 Å².